The Morgan fingerprint density at radius 1 is 0.375 bits per heavy atom. The third-order valence-electron chi connectivity index (χ3n) is 6.98. The fourth-order valence-corrected chi connectivity index (χ4v) is 4.97. The van der Waals surface area contributed by atoms with Crippen molar-refractivity contribution in [3.05, 3.63) is 146 Å². The van der Waals surface area contributed by atoms with E-state index in [4.69, 9.17) is 15.0 Å². The van der Waals surface area contributed by atoms with Crippen molar-refractivity contribution in [3.8, 4) is 56.5 Å². The molecule has 4 heteroatoms. The Balaban J connectivity index is 1.40. The minimum atomic E-state index is 0.643. The van der Waals surface area contributed by atoms with E-state index in [2.05, 4.69) is 65.6 Å². The summed E-state index contributed by atoms with van der Waals surface area (Å²) in [5.41, 5.74) is 7.15. The van der Waals surface area contributed by atoms with Gasteiger partial charge in [-0.1, -0.05) is 115 Å². The number of nitrogens with zero attached hydrogens (tertiary/aromatic N) is 4. The molecule has 2 heterocycles. The van der Waals surface area contributed by atoms with E-state index in [1.807, 2.05) is 85.1 Å². The van der Waals surface area contributed by atoms with Crippen molar-refractivity contribution in [1.29, 1.82) is 0 Å². The van der Waals surface area contributed by atoms with Gasteiger partial charge in [-0.05, 0) is 46.2 Å². The highest BCUT2D eigenvalue weighted by molar-refractivity contribution is 6.00. The van der Waals surface area contributed by atoms with Gasteiger partial charge < -0.3 is 0 Å². The zero-order valence-corrected chi connectivity index (χ0v) is 21.6. The summed E-state index contributed by atoms with van der Waals surface area (Å²) in [6.45, 7) is 0. The van der Waals surface area contributed by atoms with E-state index in [1.54, 1.807) is 0 Å². The van der Waals surface area contributed by atoms with Crippen LogP contribution in [0.25, 0.3) is 67.3 Å². The minimum absolute atomic E-state index is 0.643. The summed E-state index contributed by atoms with van der Waals surface area (Å²) in [7, 11) is 0. The van der Waals surface area contributed by atoms with Gasteiger partial charge in [-0.25, -0.2) is 15.0 Å². The van der Waals surface area contributed by atoms with Gasteiger partial charge in [-0.15, -0.1) is 0 Å². The van der Waals surface area contributed by atoms with Crippen LogP contribution in [0.2, 0.25) is 0 Å². The van der Waals surface area contributed by atoms with Crippen molar-refractivity contribution < 1.29 is 0 Å². The first kappa shape index (κ1) is 23.6. The molecule has 40 heavy (non-hydrogen) atoms. The first-order valence-corrected chi connectivity index (χ1v) is 13.2. The number of aromatic nitrogens is 4. The molecule has 0 saturated heterocycles. The number of benzene rings is 5. The van der Waals surface area contributed by atoms with Gasteiger partial charge in [0.1, 0.15) is 0 Å². The van der Waals surface area contributed by atoms with Crippen LogP contribution < -0.4 is 0 Å². The van der Waals surface area contributed by atoms with E-state index in [1.165, 1.54) is 5.39 Å². The molecule has 0 atom stereocenters. The number of fused-ring (bicyclic) bond motifs is 1. The van der Waals surface area contributed by atoms with Gasteiger partial charge >= 0.3 is 0 Å². The molecule has 0 unspecified atom stereocenters. The van der Waals surface area contributed by atoms with E-state index in [9.17, 15) is 0 Å². The normalized spacial score (nSPS) is 11.0. The monoisotopic (exact) mass is 512 g/mol. The van der Waals surface area contributed by atoms with E-state index in [0.717, 1.165) is 44.5 Å². The van der Waals surface area contributed by atoms with Crippen LogP contribution in [0.4, 0.5) is 0 Å². The van der Waals surface area contributed by atoms with Crippen molar-refractivity contribution in [2.75, 3.05) is 0 Å². The molecule has 7 rings (SSSR count). The fourth-order valence-electron chi connectivity index (χ4n) is 4.97. The largest absolute Gasteiger partial charge is 0.256 e. The number of hydrogen-bond acceptors (Lipinski definition) is 4. The first-order chi connectivity index (χ1) is 19.8. The Labute approximate surface area is 232 Å². The van der Waals surface area contributed by atoms with E-state index < -0.39 is 0 Å². The molecule has 0 fully saturated rings. The average Bonchev–Trinajstić information content (AvgIpc) is 3.05. The maximum absolute atomic E-state index is 4.96. The van der Waals surface area contributed by atoms with Crippen molar-refractivity contribution in [2.45, 2.75) is 0 Å². The van der Waals surface area contributed by atoms with Crippen molar-refractivity contribution in [2.24, 2.45) is 0 Å². The Morgan fingerprint density at radius 2 is 0.925 bits per heavy atom. The molecule has 4 nitrogen and oxygen atoms in total. The molecule has 0 N–H and O–H groups in total. The lowest BCUT2D eigenvalue weighted by molar-refractivity contribution is 1.07. The molecule has 0 aliphatic carbocycles. The summed E-state index contributed by atoms with van der Waals surface area (Å²) in [4.78, 5) is 19.3. The van der Waals surface area contributed by atoms with Crippen LogP contribution in [-0.4, -0.2) is 19.9 Å². The number of rotatable bonds is 5. The number of hydrogen-bond donors (Lipinski definition) is 0. The highest BCUT2D eigenvalue weighted by Gasteiger charge is 2.15. The lowest BCUT2D eigenvalue weighted by Gasteiger charge is -2.13. The van der Waals surface area contributed by atoms with Crippen LogP contribution in [-0.2, 0) is 0 Å². The summed E-state index contributed by atoms with van der Waals surface area (Å²) >= 11 is 0. The van der Waals surface area contributed by atoms with Gasteiger partial charge in [0, 0.05) is 28.5 Å². The molecule has 0 spiro atoms. The molecule has 0 radical (unpaired) electrons. The molecule has 0 bridgehead atoms. The summed E-state index contributed by atoms with van der Waals surface area (Å²) in [5.74, 6) is 1.95. The molecule has 0 aliphatic heterocycles. The zero-order chi connectivity index (χ0) is 26.7. The zero-order valence-electron chi connectivity index (χ0n) is 21.6. The Bertz CT molecular complexity index is 1860. The predicted octanol–water partition coefficient (Wildman–Crippen LogP) is 8.75. The smallest absolute Gasteiger partial charge is 0.164 e. The third kappa shape index (κ3) is 4.63. The molecule has 188 valence electrons. The molecule has 0 saturated carbocycles. The number of pyridine rings is 1. The van der Waals surface area contributed by atoms with Crippen LogP contribution in [0.3, 0.4) is 0 Å². The standard InChI is InChI=1S/C36H24N4/c1-3-11-27(12-4-1)34-38-35(28-13-5-2-6-14-28)40-36(39-34)30-23-29-15-7-8-16-31(29)32(24-30)25-18-20-26(21-19-25)33-17-9-10-22-37-33/h1-24H. The molecule has 2 aromatic heterocycles. The second-order valence-electron chi connectivity index (χ2n) is 9.58. The van der Waals surface area contributed by atoms with Crippen molar-refractivity contribution in [3.63, 3.8) is 0 Å². The van der Waals surface area contributed by atoms with E-state index >= 15 is 0 Å². The Kier molecular flexibility index (Phi) is 6.11. The Morgan fingerprint density at radius 3 is 1.55 bits per heavy atom. The minimum Gasteiger partial charge on any atom is -0.256 e. The molecule has 5 aromatic carbocycles. The molecule has 7 aromatic rings. The van der Waals surface area contributed by atoms with Gasteiger partial charge in [0.2, 0.25) is 0 Å². The second-order valence-corrected chi connectivity index (χ2v) is 9.58. The van der Waals surface area contributed by atoms with Gasteiger partial charge in [0.25, 0.3) is 0 Å². The van der Waals surface area contributed by atoms with Crippen LogP contribution in [0, 0.1) is 0 Å². The third-order valence-corrected chi connectivity index (χ3v) is 6.98. The highest BCUT2D eigenvalue weighted by atomic mass is 15.0. The van der Waals surface area contributed by atoms with Crippen LogP contribution in [0.15, 0.2) is 146 Å². The maximum Gasteiger partial charge on any atom is 0.164 e. The summed E-state index contributed by atoms with van der Waals surface area (Å²) in [6.07, 6.45) is 1.82. The molecular weight excluding hydrogens is 488 g/mol. The van der Waals surface area contributed by atoms with Crippen LogP contribution >= 0.6 is 0 Å². The van der Waals surface area contributed by atoms with Crippen molar-refractivity contribution >= 4 is 10.8 Å². The van der Waals surface area contributed by atoms with Gasteiger partial charge in [-0.2, -0.15) is 0 Å². The topological polar surface area (TPSA) is 51.6 Å². The fraction of sp³-hybridized carbons (Fsp3) is 0. The predicted molar refractivity (Wildman–Crippen MR) is 162 cm³/mol. The molecule has 0 amide bonds. The lowest BCUT2D eigenvalue weighted by atomic mass is 9.94. The van der Waals surface area contributed by atoms with Gasteiger partial charge in [0.15, 0.2) is 17.5 Å². The van der Waals surface area contributed by atoms with E-state index in [-0.39, 0.29) is 0 Å². The first-order valence-electron chi connectivity index (χ1n) is 13.2. The second kappa shape index (κ2) is 10.4. The Hall–Kier alpha value is -5.48. The lowest BCUT2D eigenvalue weighted by Crippen LogP contribution is -2.00. The van der Waals surface area contributed by atoms with Crippen LogP contribution in [0.1, 0.15) is 0 Å². The van der Waals surface area contributed by atoms with Gasteiger partial charge in [0.05, 0.1) is 5.69 Å². The maximum atomic E-state index is 4.96. The van der Waals surface area contributed by atoms with E-state index in [0.29, 0.717) is 17.5 Å². The molecule has 0 aliphatic rings. The molecular formula is C36H24N4. The highest BCUT2D eigenvalue weighted by Crippen LogP contribution is 2.35. The van der Waals surface area contributed by atoms with Gasteiger partial charge in [-0.3, -0.25) is 4.98 Å². The summed E-state index contributed by atoms with van der Waals surface area (Å²) in [6, 6.07) is 47.5. The SMILES string of the molecule is c1ccc(-c2nc(-c3ccccc3)nc(-c3cc(-c4ccc(-c5ccccn5)cc4)c4ccccc4c3)n2)cc1. The summed E-state index contributed by atoms with van der Waals surface area (Å²) < 4.78 is 0. The summed E-state index contributed by atoms with van der Waals surface area (Å²) in [5, 5.41) is 2.31. The quantitative estimate of drug-likeness (QED) is 0.231. The van der Waals surface area contributed by atoms with Crippen molar-refractivity contribution in [1.82, 2.24) is 19.9 Å². The van der Waals surface area contributed by atoms with Crippen LogP contribution in [0.5, 0.6) is 0 Å². The average molecular weight is 513 g/mol.